The predicted molar refractivity (Wildman–Crippen MR) is 92.7 cm³/mol. The van der Waals surface area contributed by atoms with Gasteiger partial charge < -0.3 is 15.7 Å². The molecule has 0 radical (unpaired) electrons. The van der Waals surface area contributed by atoms with E-state index in [-0.39, 0.29) is 6.03 Å². The maximum Gasteiger partial charge on any atom is 0.314 e. The number of aliphatic hydroxyl groups excluding tert-OH is 1. The van der Waals surface area contributed by atoms with Crippen LogP contribution in [0.2, 0.25) is 0 Å². The molecule has 0 saturated carbocycles. The predicted octanol–water partition coefficient (Wildman–Crippen LogP) is 2.73. The summed E-state index contributed by atoms with van der Waals surface area (Å²) >= 11 is 1.67. The van der Waals surface area contributed by atoms with Gasteiger partial charge in [0.2, 0.25) is 0 Å². The number of amides is 2. The topological polar surface area (TPSA) is 74.2 Å². The van der Waals surface area contributed by atoms with Crippen LogP contribution in [0.15, 0.2) is 30.3 Å². The number of aromatic nitrogens is 1. The molecular weight excluding hydrogens is 310 g/mol. The van der Waals surface area contributed by atoms with Gasteiger partial charge in [-0.1, -0.05) is 30.3 Å². The molecule has 1 aromatic heterocycles. The number of urea groups is 1. The first-order chi connectivity index (χ1) is 11.1. The summed E-state index contributed by atoms with van der Waals surface area (Å²) in [4.78, 5) is 17.4. The lowest BCUT2D eigenvalue weighted by Gasteiger charge is -2.12. The van der Waals surface area contributed by atoms with Gasteiger partial charge in [-0.2, -0.15) is 0 Å². The molecule has 1 atom stereocenters. The Bertz CT molecular complexity index is 609. The van der Waals surface area contributed by atoms with Crippen LogP contribution in [-0.2, 0) is 6.42 Å². The molecule has 0 aliphatic carbocycles. The van der Waals surface area contributed by atoms with E-state index in [2.05, 4.69) is 22.5 Å². The molecule has 2 amide bonds. The van der Waals surface area contributed by atoms with Crippen LogP contribution in [0.3, 0.4) is 0 Å². The molecule has 0 bridgehead atoms. The molecule has 5 nitrogen and oxygen atoms in total. The molecule has 0 saturated heterocycles. The number of nitrogens with one attached hydrogen (secondary N) is 2. The molecule has 0 aliphatic heterocycles. The molecule has 1 heterocycles. The van der Waals surface area contributed by atoms with Crippen molar-refractivity contribution in [2.75, 3.05) is 13.1 Å². The summed E-state index contributed by atoms with van der Waals surface area (Å²) in [6, 6.07) is 9.23. The summed E-state index contributed by atoms with van der Waals surface area (Å²) < 4.78 is 0. The fourth-order valence-corrected chi connectivity index (χ4v) is 3.09. The third-order valence-corrected chi connectivity index (χ3v) is 4.72. The van der Waals surface area contributed by atoms with E-state index in [1.54, 1.807) is 11.3 Å². The van der Waals surface area contributed by atoms with Crippen LogP contribution in [0.1, 0.15) is 33.7 Å². The lowest BCUT2D eigenvalue weighted by molar-refractivity contribution is 0.167. The molecule has 0 fully saturated rings. The van der Waals surface area contributed by atoms with Crippen LogP contribution in [0.4, 0.5) is 4.79 Å². The molecule has 1 unspecified atom stereocenters. The number of hydrogen-bond acceptors (Lipinski definition) is 4. The molecule has 0 spiro atoms. The average Bonchev–Trinajstić information content (AvgIpc) is 2.86. The highest BCUT2D eigenvalue weighted by Gasteiger charge is 2.08. The highest BCUT2D eigenvalue weighted by Crippen LogP contribution is 2.16. The summed E-state index contributed by atoms with van der Waals surface area (Å²) in [6.45, 7) is 5.03. The minimum absolute atomic E-state index is 0.213. The highest BCUT2D eigenvalue weighted by atomic mass is 32.1. The number of benzene rings is 1. The first kappa shape index (κ1) is 17.4. The van der Waals surface area contributed by atoms with E-state index >= 15 is 0 Å². The third kappa shape index (κ3) is 5.65. The first-order valence-electron chi connectivity index (χ1n) is 7.74. The quantitative estimate of drug-likeness (QED) is 0.729. The Kier molecular flexibility index (Phi) is 6.55. The van der Waals surface area contributed by atoms with Crippen LogP contribution in [0.25, 0.3) is 0 Å². The van der Waals surface area contributed by atoms with Gasteiger partial charge in [0.15, 0.2) is 0 Å². The SMILES string of the molecule is Cc1nc(CCNC(=O)NCCC(O)c2ccccc2)sc1C. The molecule has 124 valence electrons. The largest absolute Gasteiger partial charge is 0.388 e. The molecule has 2 aromatic rings. The number of carbonyl (C=O) groups excluding carboxylic acids is 1. The number of aryl methyl sites for hydroxylation is 2. The van der Waals surface area contributed by atoms with E-state index in [4.69, 9.17) is 0 Å². The number of nitrogens with zero attached hydrogens (tertiary/aromatic N) is 1. The van der Waals surface area contributed by atoms with Gasteiger partial charge in [-0.15, -0.1) is 11.3 Å². The summed E-state index contributed by atoms with van der Waals surface area (Å²) in [7, 11) is 0. The van der Waals surface area contributed by atoms with Gasteiger partial charge in [0.25, 0.3) is 0 Å². The van der Waals surface area contributed by atoms with E-state index in [0.29, 0.717) is 19.5 Å². The Balaban J connectivity index is 1.61. The van der Waals surface area contributed by atoms with E-state index < -0.39 is 6.10 Å². The second-order valence-electron chi connectivity index (χ2n) is 5.40. The Morgan fingerprint density at radius 1 is 1.22 bits per heavy atom. The van der Waals surface area contributed by atoms with Gasteiger partial charge in [0.1, 0.15) is 0 Å². The minimum atomic E-state index is -0.558. The normalized spacial score (nSPS) is 12.0. The second-order valence-corrected chi connectivity index (χ2v) is 6.68. The summed E-state index contributed by atoms with van der Waals surface area (Å²) in [6.07, 6.45) is 0.666. The maximum absolute atomic E-state index is 11.7. The van der Waals surface area contributed by atoms with E-state index in [0.717, 1.165) is 22.7 Å². The van der Waals surface area contributed by atoms with E-state index in [1.807, 2.05) is 37.3 Å². The standard InChI is InChI=1S/C17H23N3O2S/c1-12-13(2)23-16(20-12)9-11-19-17(22)18-10-8-15(21)14-6-4-3-5-7-14/h3-7,15,21H,8-11H2,1-2H3,(H2,18,19,22). The molecule has 0 aliphatic rings. The summed E-state index contributed by atoms with van der Waals surface area (Å²) in [5.74, 6) is 0. The summed E-state index contributed by atoms with van der Waals surface area (Å²) in [5.41, 5.74) is 1.92. The number of hydrogen-bond donors (Lipinski definition) is 3. The van der Waals surface area contributed by atoms with Gasteiger partial charge in [-0.3, -0.25) is 0 Å². The fourth-order valence-electron chi connectivity index (χ4n) is 2.16. The molecule has 2 rings (SSSR count). The first-order valence-corrected chi connectivity index (χ1v) is 8.55. The Morgan fingerprint density at radius 2 is 1.91 bits per heavy atom. The van der Waals surface area contributed by atoms with Crippen LogP contribution < -0.4 is 10.6 Å². The zero-order valence-corrected chi connectivity index (χ0v) is 14.3. The van der Waals surface area contributed by atoms with Crippen molar-refractivity contribution in [1.29, 1.82) is 0 Å². The van der Waals surface area contributed by atoms with Crippen LogP contribution >= 0.6 is 11.3 Å². The van der Waals surface area contributed by atoms with Crippen molar-refractivity contribution in [1.82, 2.24) is 15.6 Å². The minimum Gasteiger partial charge on any atom is -0.388 e. The fraction of sp³-hybridized carbons (Fsp3) is 0.412. The van der Waals surface area contributed by atoms with Crippen molar-refractivity contribution in [2.24, 2.45) is 0 Å². The molecule has 3 N–H and O–H groups in total. The lowest BCUT2D eigenvalue weighted by Crippen LogP contribution is -2.37. The van der Waals surface area contributed by atoms with Crippen molar-refractivity contribution >= 4 is 17.4 Å². The Hall–Kier alpha value is -1.92. The van der Waals surface area contributed by atoms with Gasteiger partial charge in [-0.05, 0) is 25.8 Å². The zero-order valence-electron chi connectivity index (χ0n) is 13.5. The average molecular weight is 333 g/mol. The van der Waals surface area contributed by atoms with E-state index in [9.17, 15) is 9.90 Å². The zero-order chi connectivity index (χ0) is 16.7. The van der Waals surface area contributed by atoms with Gasteiger partial charge in [-0.25, -0.2) is 9.78 Å². The monoisotopic (exact) mass is 333 g/mol. The van der Waals surface area contributed by atoms with Crippen molar-refractivity contribution in [3.05, 3.63) is 51.5 Å². The van der Waals surface area contributed by atoms with E-state index in [1.165, 1.54) is 4.88 Å². The second kappa shape index (κ2) is 8.64. The number of aliphatic hydroxyl groups is 1. The molecule has 1 aromatic carbocycles. The summed E-state index contributed by atoms with van der Waals surface area (Å²) in [5, 5.41) is 16.6. The van der Waals surface area contributed by atoms with Crippen LogP contribution in [-0.4, -0.2) is 29.2 Å². The van der Waals surface area contributed by atoms with Gasteiger partial charge in [0, 0.05) is 24.4 Å². The van der Waals surface area contributed by atoms with Crippen molar-refractivity contribution < 1.29 is 9.90 Å². The molecular formula is C17H23N3O2S. The lowest BCUT2D eigenvalue weighted by atomic mass is 10.1. The number of thiazole rings is 1. The Labute approximate surface area is 140 Å². The third-order valence-electron chi connectivity index (χ3n) is 3.58. The molecule has 6 heteroatoms. The van der Waals surface area contributed by atoms with Crippen molar-refractivity contribution in [3.8, 4) is 0 Å². The van der Waals surface area contributed by atoms with Crippen molar-refractivity contribution in [2.45, 2.75) is 32.8 Å². The highest BCUT2D eigenvalue weighted by molar-refractivity contribution is 7.11. The smallest absolute Gasteiger partial charge is 0.314 e. The van der Waals surface area contributed by atoms with Gasteiger partial charge in [0.05, 0.1) is 16.8 Å². The Morgan fingerprint density at radius 3 is 2.57 bits per heavy atom. The molecule has 23 heavy (non-hydrogen) atoms. The maximum atomic E-state index is 11.7. The van der Waals surface area contributed by atoms with Crippen LogP contribution in [0, 0.1) is 13.8 Å². The van der Waals surface area contributed by atoms with Crippen LogP contribution in [0.5, 0.6) is 0 Å². The number of rotatable bonds is 7. The number of carbonyl (C=O) groups is 1. The van der Waals surface area contributed by atoms with Crippen molar-refractivity contribution in [3.63, 3.8) is 0 Å². The van der Waals surface area contributed by atoms with Gasteiger partial charge >= 0.3 is 6.03 Å².